The molecule has 1 aromatic carbocycles. The number of ether oxygens (including phenoxy) is 1. The van der Waals surface area contributed by atoms with E-state index in [-0.39, 0.29) is 0 Å². The summed E-state index contributed by atoms with van der Waals surface area (Å²) in [6, 6.07) is 11.3. The zero-order chi connectivity index (χ0) is 12.4. The molecule has 2 aromatic heterocycles. The van der Waals surface area contributed by atoms with Gasteiger partial charge in [-0.2, -0.15) is 0 Å². The molecular formula is C13H11N3O2. The number of furan rings is 1. The fourth-order valence-corrected chi connectivity index (χ4v) is 1.66. The number of nitrogens with zero attached hydrogens (tertiary/aromatic N) is 3. The first-order chi connectivity index (χ1) is 8.86. The summed E-state index contributed by atoms with van der Waals surface area (Å²) in [5.41, 5.74) is 1.62. The highest BCUT2D eigenvalue weighted by molar-refractivity contribution is 5.50. The second-order valence-corrected chi connectivity index (χ2v) is 3.72. The van der Waals surface area contributed by atoms with E-state index in [4.69, 9.17) is 9.15 Å². The van der Waals surface area contributed by atoms with Crippen LogP contribution >= 0.6 is 0 Å². The van der Waals surface area contributed by atoms with Crippen molar-refractivity contribution in [3.05, 3.63) is 48.9 Å². The van der Waals surface area contributed by atoms with Gasteiger partial charge in [0, 0.05) is 0 Å². The highest BCUT2D eigenvalue weighted by Gasteiger charge is 2.07. The van der Waals surface area contributed by atoms with Crippen molar-refractivity contribution in [3.63, 3.8) is 0 Å². The van der Waals surface area contributed by atoms with Crippen LogP contribution in [0.2, 0.25) is 0 Å². The average Bonchev–Trinajstić information content (AvgIpc) is 3.09. The fourth-order valence-electron chi connectivity index (χ4n) is 1.66. The molecule has 0 spiro atoms. The van der Waals surface area contributed by atoms with Crippen LogP contribution in [0.25, 0.3) is 17.1 Å². The van der Waals surface area contributed by atoms with Crippen molar-refractivity contribution < 1.29 is 9.15 Å². The van der Waals surface area contributed by atoms with Gasteiger partial charge in [0.15, 0.2) is 5.76 Å². The molecule has 2 heterocycles. The lowest BCUT2D eigenvalue weighted by Gasteiger charge is -2.01. The number of methoxy groups -OCH3 is 1. The van der Waals surface area contributed by atoms with Crippen LogP contribution in [0, 0.1) is 0 Å². The van der Waals surface area contributed by atoms with Gasteiger partial charge in [-0.15, -0.1) is 5.10 Å². The molecule has 0 saturated heterocycles. The summed E-state index contributed by atoms with van der Waals surface area (Å²) in [5, 5.41) is 8.13. The van der Waals surface area contributed by atoms with Crippen LogP contribution in [0.1, 0.15) is 0 Å². The van der Waals surface area contributed by atoms with E-state index < -0.39 is 0 Å². The first kappa shape index (κ1) is 10.6. The predicted molar refractivity (Wildman–Crippen MR) is 65.6 cm³/mol. The molecule has 5 heteroatoms. The number of hydrogen-bond donors (Lipinski definition) is 0. The van der Waals surface area contributed by atoms with Crippen molar-refractivity contribution in [2.45, 2.75) is 0 Å². The van der Waals surface area contributed by atoms with Crippen molar-refractivity contribution in [1.29, 1.82) is 0 Å². The maximum Gasteiger partial charge on any atom is 0.155 e. The minimum atomic E-state index is 0.703. The molecule has 3 aromatic rings. The molecule has 0 aliphatic heterocycles. The molecule has 90 valence electrons. The van der Waals surface area contributed by atoms with Crippen LogP contribution in [0.15, 0.2) is 53.3 Å². The molecule has 0 atom stereocenters. The third-order valence-corrected chi connectivity index (χ3v) is 2.60. The van der Waals surface area contributed by atoms with Crippen LogP contribution in [0.5, 0.6) is 5.75 Å². The second kappa shape index (κ2) is 4.37. The van der Waals surface area contributed by atoms with E-state index in [1.807, 2.05) is 42.6 Å². The summed E-state index contributed by atoms with van der Waals surface area (Å²) in [4.78, 5) is 0. The van der Waals surface area contributed by atoms with Crippen LogP contribution in [-0.4, -0.2) is 22.1 Å². The van der Waals surface area contributed by atoms with E-state index in [1.165, 1.54) is 0 Å². The van der Waals surface area contributed by atoms with E-state index in [2.05, 4.69) is 10.3 Å². The van der Waals surface area contributed by atoms with Gasteiger partial charge in [0.2, 0.25) is 0 Å². The van der Waals surface area contributed by atoms with Gasteiger partial charge in [-0.3, -0.25) is 0 Å². The summed E-state index contributed by atoms with van der Waals surface area (Å²) >= 11 is 0. The molecule has 0 saturated carbocycles. The van der Waals surface area contributed by atoms with Crippen LogP contribution in [0.3, 0.4) is 0 Å². The molecule has 0 amide bonds. The lowest BCUT2D eigenvalue weighted by molar-refractivity contribution is 0.414. The van der Waals surface area contributed by atoms with E-state index in [0.717, 1.165) is 11.4 Å². The number of aromatic nitrogens is 3. The predicted octanol–water partition coefficient (Wildman–Crippen LogP) is 2.54. The van der Waals surface area contributed by atoms with E-state index >= 15 is 0 Å². The Hall–Kier alpha value is -2.56. The van der Waals surface area contributed by atoms with Gasteiger partial charge in [-0.25, -0.2) is 4.68 Å². The number of rotatable bonds is 3. The van der Waals surface area contributed by atoms with E-state index in [1.54, 1.807) is 18.1 Å². The van der Waals surface area contributed by atoms with Crippen LogP contribution < -0.4 is 4.74 Å². The monoisotopic (exact) mass is 241 g/mol. The van der Waals surface area contributed by atoms with Gasteiger partial charge in [0.05, 0.1) is 25.3 Å². The zero-order valence-electron chi connectivity index (χ0n) is 9.78. The minimum absolute atomic E-state index is 0.703. The second-order valence-electron chi connectivity index (χ2n) is 3.72. The van der Waals surface area contributed by atoms with Gasteiger partial charge in [-0.05, 0) is 36.4 Å². The van der Waals surface area contributed by atoms with Gasteiger partial charge < -0.3 is 9.15 Å². The van der Waals surface area contributed by atoms with Crippen molar-refractivity contribution in [2.24, 2.45) is 0 Å². The molecule has 0 bridgehead atoms. The summed E-state index contributed by atoms with van der Waals surface area (Å²) in [6.45, 7) is 0. The Morgan fingerprint density at radius 3 is 2.67 bits per heavy atom. The van der Waals surface area contributed by atoms with Gasteiger partial charge in [0.25, 0.3) is 0 Å². The Morgan fingerprint density at radius 2 is 2.00 bits per heavy atom. The summed E-state index contributed by atoms with van der Waals surface area (Å²) in [5.74, 6) is 1.51. The van der Waals surface area contributed by atoms with Crippen LogP contribution in [0.4, 0.5) is 0 Å². The standard InChI is InChI=1S/C13H11N3O2/c1-17-11-6-4-10(5-7-11)16-9-12(14-15-16)13-3-2-8-18-13/h2-9H,1H3. The molecule has 0 unspecified atom stereocenters. The van der Waals surface area contributed by atoms with E-state index in [9.17, 15) is 0 Å². The Kier molecular flexibility index (Phi) is 2.57. The van der Waals surface area contributed by atoms with Crippen molar-refractivity contribution >= 4 is 0 Å². The molecule has 0 N–H and O–H groups in total. The third-order valence-electron chi connectivity index (χ3n) is 2.60. The normalized spacial score (nSPS) is 10.5. The molecule has 0 aliphatic rings. The summed E-state index contributed by atoms with van der Waals surface area (Å²) in [6.07, 6.45) is 3.43. The highest BCUT2D eigenvalue weighted by atomic mass is 16.5. The largest absolute Gasteiger partial charge is 0.497 e. The van der Waals surface area contributed by atoms with Crippen molar-refractivity contribution in [3.8, 4) is 22.9 Å². The molecule has 0 aliphatic carbocycles. The van der Waals surface area contributed by atoms with Gasteiger partial charge in [-0.1, -0.05) is 5.21 Å². The lowest BCUT2D eigenvalue weighted by atomic mass is 10.3. The fraction of sp³-hybridized carbons (Fsp3) is 0.0769. The zero-order valence-corrected chi connectivity index (χ0v) is 9.78. The molecule has 18 heavy (non-hydrogen) atoms. The average molecular weight is 241 g/mol. The lowest BCUT2D eigenvalue weighted by Crippen LogP contribution is -1.94. The first-order valence-electron chi connectivity index (χ1n) is 5.47. The molecule has 5 nitrogen and oxygen atoms in total. The van der Waals surface area contributed by atoms with Crippen molar-refractivity contribution in [1.82, 2.24) is 15.0 Å². The maximum atomic E-state index is 5.27. The smallest absolute Gasteiger partial charge is 0.155 e. The van der Waals surface area contributed by atoms with E-state index in [0.29, 0.717) is 11.5 Å². The van der Waals surface area contributed by atoms with Gasteiger partial charge in [0.1, 0.15) is 11.4 Å². The Labute approximate surface area is 104 Å². The van der Waals surface area contributed by atoms with Crippen LogP contribution in [-0.2, 0) is 0 Å². The molecule has 3 rings (SSSR count). The number of hydrogen-bond acceptors (Lipinski definition) is 4. The highest BCUT2D eigenvalue weighted by Crippen LogP contribution is 2.19. The summed E-state index contributed by atoms with van der Waals surface area (Å²) in [7, 11) is 1.64. The first-order valence-corrected chi connectivity index (χ1v) is 5.47. The SMILES string of the molecule is COc1ccc(-n2cc(-c3ccco3)nn2)cc1. The maximum absolute atomic E-state index is 5.27. The molecular weight excluding hydrogens is 230 g/mol. The Morgan fingerprint density at radius 1 is 1.17 bits per heavy atom. The van der Waals surface area contributed by atoms with Gasteiger partial charge >= 0.3 is 0 Å². The Bertz CT molecular complexity index is 627. The quantitative estimate of drug-likeness (QED) is 0.707. The third kappa shape index (κ3) is 1.86. The molecule has 0 fully saturated rings. The summed E-state index contributed by atoms with van der Waals surface area (Å²) < 4.78 is 12.1. The van der Waals surface area contributed by atoms with Crippen molar-refractivity contribution in [2.75, 3.05) is 7.11 Å². The topological polar surface area (TPSA) is 53.1 Å². The molecule has 0 radical (unpaired) electrons. The number of benzene rings is 1. The Balaban J connectivity index is 1.92. The minimum Gasteiger partial charge on any atom is -0.497 e.